The van der Waals surface area contributed by atoms with Crippen LogP contribution in [0.2, 0.25) is 0 Å². The van der Waals surface area contributed by atoms with Gasteiger partial charge in [0.1, 0.15) is 6.10 Å². The number of nitrogens with one attached hydrogen (secondary N) is 1. The molecule has 0 aliphatic heterocycles. The predicted molar refractivity (Wildman–Crippen MR) is 73.5 cm³/mol. The summed E-state index contributed by atoms with van der Waals surface area (Å²) in [6, 6.07) is 16.0. The Hall–Kier alpha value is -2.06. The van der Waals surface area contributed by atoms with Crippen molar-refractivity contribution in [3.8, 4) is 0 Å². The van der Waals surface area contributed by atoms with Crippen molar-refractivity contribution in [2.45, 2.75) is 13.0 Å². The summed E-state index contributed by atoms with van der Waals surface area (Å²) in [5, 5.41) is 11.6. The fourth-order valence-electron chi connectivity index (χ4n) is 2.38. The molecular formula is C16H15NO. The van der Waals surface area contributed by atoms with Gasteiger partial charge >= 0.3 is 0 Å². The molecule has 0 aliphatic rings. The van der Waals surface area contributed by atoms with E-state index in [9.17, 15) is 5.11 Å². The molecule has 1 atom stereocenters. The molecule has 0 saturated carbocycles. The number of aliphatic hydroxyl groups is 1. The Morgan fingerprint density at radius 1 is 0.944 bits per heavy atom. The number of rotatable bonds is 2. The van der Waals surface area contributed by atoms with Crippen LogP contribution in [0.1, 0.15) is 22.8 Å². The molecule has 18 heavy (non-hydrogen) atoms. The molecule has 2 aromatic carbocycles. The minimum Gasteiger partial charge on any atom is -0.384 e. The topological polar surface area (TPSA) is 36.0 Å². The van der Waals surface area contributed by atoms with Crippen LogP contribution in [0.5, 0.6) is 0 Å². The average molecular weight is 237 g/mol. The quantitative estimate of drug-likeness (QED) is 0.702. The lowest BCUT2D eigenvalue weighted by Gasteiger charge is -2.12. The molecule has 2 N–H and O–H groups in total. The van der Waals surface area contributed by atoms with Crippen LogP contribution in [0.3, 0.4) is 0 Å². The first-order chi connectivity index (χ1) is 8.77. The lowest BCUT2D eigenvalue weighted by Crippen LogP contribution is -2.00. The fraction of sp³-hybridized carbons (Fsp3) is 0.125. The van der Waals surface area contributed by atoms with Crippen molar-refractivity contribution in [2.75, 3.05) is 0 Å². The van der Waals surface area contributed by atoms with Gasteiger partial charge in [-0.1, -0.05) is 42.5 Å². The van der Waals surface area contributed by atoms with Crippen LogP contribution < -0.4 is 0 Å². The first kappa shape index (κ1) is 11.1. The number of hydrogen-bond acceptors (Lipinski definition) is 1. The normalized spacial score (nSPS) is 12.8. The maximum Gasteiger partial charge on any atom is 0.106 e. The van der Waals surface area contributed by atoms with Crippen molar-refractivity contribution in [1.29, 1.82) is 0 Å². The Kier molecular flexibility index (Phi) is 2.65. The van der Waals surface area contributed by atoms with E-state index in [1.807, 2.05) is 61.7 Å². The van der Waals surface area contributed by atoms with Crippen LogP contribution in [0.4, 0.5) is 0 Å². The van der Waals surface area contributed by atoms with E-state index < -0.39 is 6.10 Å². The van der Waals surface area contributed by atoms with Crippen molar-refractivity contribution in [3.63, 3.8) is 0 Å². The van der Waals surface area contributed by atoms with Crippen LogP contribution in [0.25, 0.3) is 10.9 Å². The number of para-hydroxylation sites is 1. The van der Waals surface area contributed by atoms with Crippen LogP contribution in [0.15, 0.2) is 54.7 Å². The largest absolute Gasteiger partial charge is 0.384 e. The minimum absolute atomic E-state index is 0.581. The van der Waals surface area contributed by atoms with Crippen molar-refractivity contribution in [1.82, 2.24) is 4.98 Å². The number of benzene rings is 2. The highest BCUT2D eigenvalue weighted by molar-refractivity contribution is 5.83. The second kappa shape index (κ2) is 4.31. The molecule has 0 spiro atoms. The molecule has 2 nitrogen and oxygen atoms in total. The summed E-state index contributed by atoms with van der Waals surface area (Å²) < 4.78 is 0. The monoisotopic (exact) mass is 237 g/mol. The highest BCUT2D eigenvalue weighted by Crippen LogP contribution is 2.30. The molecule has 3 aromatic rings. The SMILES string of the molecule is Cc1ccccc1C(O)c1c[nH]c2ccccc12. The average Bonchev–Trinajstić information content (AvgIpc) is 2.82. The first-order valence-electron chi connectivity index (χ1n) is 6.07. The predicted octanol–water partition coefficient (Wildman–Crippen LogP) is 3.56. The lowest BCUT2D eigenvalue weighted by atomic mass is 9.97. The van der Waals surface area contributed by atoms with Crippen molar-refractivity contribution >= 4 is 10.9 Å². The van der Waals surface area contributed by atoms with Gasteiger partial charge in [0.25, 0.3) is 0 Å². The molecule has 0 radical (unpaired) electrons. The summed E-state index contributed by atoms with van der Waals surface area (Å²) in [5.74, 6) is 0. The highest BCUT2D eigenvalue weighted by Gasteiger charge is 2.16. The second-order valence-electron chi connectivity index (χ2n) is 4.55. The van der Waals surface area contributed by atoms with Crippen molar-refractivity contribution < 1.29 is 5.11 Å². The number of H-pyrrole nitrogens is 1. The summed E-state index contributed by atoms with van der Waals surface area (Å²) in [4.78, 5) is 3.20. The van der Waals surface area contributed by atoms with Gasteiger partial charge in [-0.05, 0) is 24.1 Å². The van der Waals surface area contributed by atoms with Crippen LogP contribution in [0, 0.1) is 6.92 Å². The number of aromatic nitrogens is 1. The Bertz CT molecular complexity index is 684. The molecular weight excluding hydrogens is 222 g/mol. The Morgan fingerprint density at radius 2 is 1.67 bits per heavy atom. The minimum atomic E-state index is -0.581. The Morgan fingerprint density at radius 3 is 2.50 bits per heavy atom. The van der Waals surface area contributed by atoms with Gasteiger partial charge in [-0.3, -0.25) is 0 Å². The zero-order chi connectivity index (χ0) is 12.5. The van der Waals surface area contributed by atoms with E-state index in [1.54, 1.807) is 0 Å². The molecule has 1 aromatic heterocycles. The second-order valence-corrected chi connectivity index (χ2v) is 4.55. The van der Waals surface area contributed by atoms with E-state index in [2.05, 4.69) is 4.98 Å². The van der Waals surface area contributed by atoms with Gasteiger partial charge in [-0.25, -0.2) is 0 Å². The standard InChI is InChI=1S/C16H15NO/c1-11-6-2-3-7-12(11)16(18)14-10-17-15-9-5-4-8-13(14)15/h2-10,16-18H,1H3. The van der Waals surface area contributed by atoms with Gasteiger partial charge in [0.05, 0.1) is 0 Å². The molecule has 0 fully saturated rings. The van der Waals surface area contributed by atoms with E-state index in [-0.39, 0.29) is 0 Å². The van der Waals surface area contributed by atoms with E-state index in [1.165, 1.54) is 0 Å². The molecule has 2 heteroatoms. The zero-order valence-electron chi connectivity index (χ0n) is 10.2. The third kappa shape index (κ3) is 1.71. The van der Waals surface area contributed by atoms with E-state index in [0.29, 0.717) is 0 Å². The van der Waals surface area contributed by atoms with Gasteiger partial charge in [0.15, 0.2) is 0 Å². The zero-order valence-corrected chi connectivity index (χ0v) is 10.2. The summed E-state index contributed by atoms with van der Waals surface area (Å²) in [6.07, 6.45) is 1.31. The lowest BCUT2D eigenvalue weighted by molar-refractivity contribution is 0.221. The number of aromatic amines is 1. The smallest absolute Gasteiger partial charge is 0.106 e. The van der Waals surface area contributed by atoms with Gasteiger partial charge in [0.2, 0.25) is 0 Å². The van der Waals surface area contributed by atoms with Gasteiger partial charge in [0, 0.05) is 22.7 Å². The van der Waals surface area contributed by atoms with Crippen LogP contribution >= 0.6 is 0 Å². The van der Waals surface area contributed by atoms with Crippen LogP contribution in [-0.2, 0) is 0 Å². The number of fused-ring (bicyclic) bond motifs is 1. The molecule has 0 amide bonds. The van der Waals surface area contributed by atoms with Crippen LogP contribution in [-0.4, -0.2) is 10.1 Å². The summed E-state index contributed by atoms with van der Waals surface area (Å²) >= 11 is 0. The van der Waals surface area contributed by atoms with E-state index >= 15 is 0 Å². The summed E-state index contributed by atoms with van der Waals surface area (Å²) in [6.45, 7) is 2.02. The first-order valence-corrected chi connectivity index (χ1v) is 6.07. The molecule has 0 bridgehead atoms. The summed E-state index contributed by atoms with van der Waals surface area (Å²) in [5.41, 5.74) is 4.05. The Balaban J connectivity index is 2.13. The Labute approximate surface area is 106 Å². The molecule has 0 aliphatic carbocycles. The number of hydrogen-bond donors (Lipinski definition) is 2. The molecule has 0 saturated heterocycles. The van der Waals surface area contributed by atoms with E-state index in [0.717, 1.165) is 27.6 Å². The highest BCUT2D eigenvalue weighted by atomic mass is 16.3. The third-order valence-electron chi connectivity index (χ3n) is 3.40. The number of aliphatic hydroxyl groups excluding tert-OH is 1. The maximum absolute atomic E-state index is 10.5. The van der Waals surface area contributed by atoms with Crippen molar-refractivity contribution in [2.24, 2.45) is 0 Å². The molecule has 90 valence electrons. The maximum atomic E-state index is 10.5. The van der Waals surface area contributed by atoms with Gasteiger partial charge in [-0.15, -0.1) is 0 Å². The van der Waals surface area contributed by atoms with Gasteiger partial charge < -0.3 is 10.1 Å². The van der Waals surface area contributed by atoms with Gasteiger partial charge in [-0.2, -0.15) is 0 Å². The fourth-order valence-corrected chi connectivity index (χ4v) is 2.38. The van der Waals surface area contributed by atoms with E-state index in [4.69, 9.17) is 0 Å². The number of aryl methyl sites for hydroxylation is 1. The third-order valence-corrected chi connectivity index (χ3v) is 3.40. The van der Waals surface area contributed by atoms with Crippen molar-refractivity contribution in [3.05, 3.63) is 71.4 Å². The molecule has 1 heterocycles. The molecule has 3 rings (SSSR count). The molecule has 1 unspecified atom stereocenters. The summed E-state index contributed by atoms with van der Waals surface area (Å²) in [7, 11) is 0.